The van der Waals surface area contributed by atoms with E-state index in [0.717, 1.165) is 17.7 Å². The van der Waals surface area contributed by atoms with Crippen LogP contribution in [-0.4, -0.2) is 107 Å². The zero-order valence-corrected chi connectivity index (χ0v) is 28.6. The molecule has 260 valence electrons. The Morgan fingerprint density at radius 3 is 2.13 bits per heavy atom. The third kappa shape index (κ3) is 7.72. The summed E-state index contributed by atoms with van der Waals surface area (Å²) >= 11 is 10.2. The zero-order valence-electron chi connectivity index (χ0n) is 25.2. The first-order chi connectivity index (χ1) is 22.3. The van der Waals surface area contributed by atoms with E-state index in [0.29, 0.717) is 11.2 Å². The van der Waals surface area contributed by atoms with Gasteiger partial charge in [-0.15, -0.1) is 0 Å². The van der Waals surface area contributed by atoms with Crippen LogP contribution in [0.3, 0.4) is 0 Å². The molecule has 0 saturated carbocycles. The maximum Gasteiger partial charge on any atom is 0.330 e. The lowest BCUT2D eigenvalue weighted by molar-refractivity contribution is -0.220. The molecule has 0 bridgehead atoms. The molecule has 2 saturated heterocycles. The largest absolute Gasteiger partial charge is 0.780 e. The number of ether oxygens (including phenoxy) is 5. The number of anilines is 1. The molecule has 10 atom stereocenters. The van der Waals surface area contributed by atoms with Crippen LogP contribution in [0, 0.1) is 0 Å². The van der Waals surface area contributed by atoms with Crippen LogP contribution in [-0.2, 0) is 65.4 Å². The van der Waals surface area contributed by atoms with Gasteiger partial charge < -0.3 is 57.3 Å². The highest BCUT2D eigenvalue weighted by Gasteiger charge is 2.50. The van der Waals surface area contributed by atoms with E-state index in [2.05, 4.69) is 19.9 Å². The van der Waals surface area contributed by atoms with Crippen molar-refractivity contribution in [1.82, 2.24) is 29.1 Å². The highest BCUT2D eigenvalue weighted by molar-refractivity contribution is 8.06. The summed E-state index contributed by atoms with van der Waals surface area (Å²) in [6, 6.07) is 1.09. The molecule has 20 nitrogen and oxygen atoms in total. The lowest BCUT2D eigenvalue weighted by Crippen LogP contribution is -2.41. The number of aromatic nitrogens is 6. The topological polar surface area (TPSA) is 254 Å². The average Bonchev–Trinajstić information content (AvgIpc) is 3.70. The number of aromatic amines is 1. The van der Waals surface area contributed by atoms with Gasteiger partial charge in [0, 0.05) is 40.7 Å². The fourth-order valence-electron chi connectivity index (χ4n) is 5.27. The van der Waals surface area contributed by atoms with Crippen molar-refractivity contribution in [1.29, 1.82) is 0 Å². The van der Waals surface area contributed by atoms with E-state index in [-0.39, 0.29) is 12.4 Å². The minimum absolute atomic E-state index is 0.0159. The molecule has 3 aromatic heterocycles. The maximum atomic E-state index is 13.7. The molecule has 0 aromatic carbocycles. The second-order valence-corrected chi connectivity index (χ2v) is 15.6. The van der Waals surface area contributed by atoms with E-state index >= 15 is 0 Å². The minimum Gasteiger partial charge on any atom is -0.780 e. The van der Waals surface area contributed by atoms with E-state index < -0.39 is 80.4 Å². The van der Waals surface area contributed by atoms with Gasteiger partial charge in [-0.2, -0.15) is 0 Å². The lowest BCUT2D eigenvalue weighted by atomic mass is 10.1. The standard InChI is InChI=1S/C23H33N7O13P2S2/c1-35-7-11-15(18(37-3)22(40-11)30-10-27-14-19(24)25-9-26-20(14)30)43-45(34,47)39-8-12-16(42-44(33,46)38-4)17(36-2)21(41-12)29-6-5-13(31)28-23(29)32/h5-6,9-12,15-18,21-22H,7-8H2,1-4H3,(H,33,46)(H,34,47)(H2,24,25,26)(H,28,31,32)/p-2/t11-,12-,15+,16+,17?,18?,21-,22-,44?,45?/m1/s1. The Balaban J connectivity index is 1.37. The second-order valence-electron chi connectivity index (χ2n) is 10.1. The molecule has 2 aliphatic heterocycles. The predicted octanol–water partition coefficient (Wildman–Crippen LogP) is -1.97. The molecule has 24 heteroatoms. The fraction of sp³-hybridized carbons (Fsp3) is 0.609. The molecule has 5 heterocycles. The number of nitrogens with one attached hydrogen (secondary N) is 1. The van der Waals surface area contributed by atoms with Gasteiger partial charge in [0.15, 0.2) is 23.9 Å². The summed E-state index contributed by atoms with van der Waals surface area (Å²) < 4.78 is 53.0. The van der Waals surface area contributed by atoms with Crippen molar-refractivity contribution in [3.8, 4) is 0 Å². The van der Waals surface area contributed by atoms with E-state index in [1.807, 2.05) is 0 Å². The number of H-pyrrole nitrogens is 1. The Labute approximate surface area is 276 Å². The predicted molar refractivity (Wildman–Crippen MR) is 164 cm³/mol. The van der Waals surface area contributed by atoms with Crippen LogP contribution in [0.2, 0.25) is 0 Å². The summed E-state index contributed by atoms with van der Waals surface area (Å²) in [5.41, 5.74) is 5.13. The van der Waals surface area contributed by atoms with E-state index in [9.17, 15) is 19.4 Å². The van der Waals surface area contributed by atoms with Gasteiger partial charge in [0.1, 0.15) is 61.9 Å². The van der Waals surface area contributed by atoms with Crippen molar-refractivity contribution in [2.45, 2.75) is 49.1 Å². The monoisotopic (exact) mass is 739 g/mol. The number of rotatable bonds is 14. The van der Waals surface area contributed by atoms with Crippen LogP contribution in [0.15, 0.2) is 34.5 Å². The molecule has 4 unspecified atom stereocenters. The molecule has 2 fully saturated rings. The van der Waals surface area contributed by atoms with Crippen molar-refractivity contribution in [2.24, 2.45) is 0 Å². The third-order valence-electron chi connectivity index (χ3n) is 7.35. The number of hydrogen-bond donors (Lipinski definition) is 2. The molecule has 2 aliphatic rings. The first-order valence-electron chi connectivity index (χ1n) is 13.6. The Bertz CT molecular complexity index is 1780. The molecule has 3 aromatic rings. The molecule has 47 heavy (non-hydrogen) atoms. The molecule has 0 amide bonds. The van der Waals surface area contributed by atoms with Gasteiger partial charge in [0.2, 0.25) is 0 Å². The number of fused-ring (bicyclic) bond motifs is 1. The van der Waals surface area contributed by atoms with Crippen LogP contribution < -0.4 is 26.8 Å². The van der Waals surface area contributed by atoms with Gasteiger partial charge in [0.05, 0.1) is 19.5 Å². The average molecular weight is 740 g/mol. The SMILES string of the molecule is COC[C@H]1O[C@@H](n2cnc3c(N)ncnc32)C(OC)[C@H]1OP([O-])(=S)OC[C@H]1O[C@@H](n2ccc(=O)[nH]c2=O)C(OC)[C@H]1OP([O-])(=S)OC. The molecule has 0 radical (unpaired) electrons. The summed E-state index contributed by atoms with van der Waals surface area (Å²) in [4.78, 5) is 65.1. The van der Waals surface area contributed by atoms with Crippen LogP contribution in [0.25, 0.3) is 11.2 Å². The Hall–Kier alpha value is -2.11. The van der Waals surface area contributed by atoms with Gasteiger partial charge in [-0.05, 0) is 0 Å². The summed E-state index contributed by atoms with van der Waals surface area (Å²) in [5, 5.41) is 0. The zero-order chi connectivity index (χ0) is 34.1. The number of imidazole rings is 1. The summed E-state index contributed by atoms with van der Waals surface area (Å²) in [6.45, 7) is -9.09. The summed E-state index contributed by atoms with van der Waals surface area (Å²) in [7, 11) is 5.19. The number of nitrogens with zero attached hydrogens (tertiary/aromatic N) is 5. The van der Waals surface area contributed by atoms with Crippen molar-refractivity contribution in [2.75, 3.05) is 47.4 Å². The molecular formula is C23H31N7O13P2S2-2. The van der Waals surface area contributed by atoms with Gasteiger partial charge >= 0.3 is 5.69 Å². The van der Waals surface area contributed by atoms with Crippen LogP contribution in [0.5, 0.6) is 0 Å². The summed E-state index contributed by atoms with van der Waals surface area (Å²) in [5.74, 6) is 0.156. The highest BCUT2D eigenvalue weighted by Crippen LogP contribution is 2.49. The van der Waals surface area contributed by atoms with Crippen LogP contribution in [0.4, 0.5) is 5.82 Å². The highest BCUT2D eigenvalue weighted by atomic mass is 32.5. The fourth-order valence-corrected chi connectivity index (χ4v) is 7.64. The molecular weight excluding hydrogens is 708 g/mol. The van der Waals surface area contributed by atoms with Crippen molar-refractivity contribution < 1.29 is 51.6 Å². The smallest absolute Gasteiger partial charge is 0.330 e. The van der Waals surface area contributed by atoms with Crippen molar-refractivity contribution in [3.63, 3.8) is 0 Å². The number of hydrogen-bond acceptors (Lipinski definition) is 19. The minimum atomic E-state index is -4.41. The van der Waals surface area contributed by atoms with E-state index in [1.165, 1.54) is 40.2 Å². The number of nitrogens with two attached hydrogens (primary N) is 1. The lowest BCUT2D eigenvalue weighted by Gasteiger charge is -2.36. The van der Waals surface area contributed by atoms with Crippen LogP contribution in [0.1, 0.15) is 12.5 Å². The Morgan fingerprint density at radius 1 is 0.915 bits per heavy atom. The first kappa shape index (κ1) is 36.2. The maximum absolute atomic E-state index is 13.7. The quantitative estimate of drug-likeness (QED) is 0.170. The van der Waals surface area contributed by atoms with Gasteiger partial charge in [-0.1, -0.05) is 23.6 Å². The normalized spacial score (nSPS) is 30.4. The van der Waals surface area contributed by atoms with Crippen molar-refractivity contribution in [3.05, 3.63) is 45.8 Å². The van der Waals surface area contributed by atoms with Gasteiger partial charge in [0.25, 0.3) is 5.56 Å². The van der Waals surface area contributed by atoms with Gasteiger partial charge in [-0.25, -0.2) is 19.7 Å². The molecule has 0 spiro atoms. The molecule has 5 rings (SSSR count). The van der Waals surface area contributed by atoms with E-state index in [1.54, 1.807) is 4.57 Å². The second kappa shape index (κ2) is 14.8. The molecule has 3 N–H and O–H groups in total. The van der Waals surface area contributed by atoms with Gasteiger partial charge in [-0.3, -0.25) is 18.9 Å². The Kier molecular flexibility index (Phi) is 11.4. The van der Waals surface area contributed by atoms with E-state index in [4.69, 9.17) is 71.1 Å². The summed E-state index contributed by atoms with van der Waals surface area (Å²) in [6.07, 6.45) is -4.81. The number of methoxy groups -OCH3 is 3. The molecule has 0 aliphatic carbocycles. The third-order valence-corrected chi connectivity index (χ3v) is 10.6. The number of nitrogen functional groups attached to an aromatic ring is 1. The van der Waals surface area contributed by atoms with Crippen molar-refractivity contribution >= 4 is 54.0 Å². The first-order valence-corrected chi connectivity index (χ1v) is 18.7. The Morgan fingerprint density at radius 2 is 1.53 bits per heavy atom. The van der Waals surface area contributed by atoms with Crippen LogP contribution >= 0.6 is 13.4 Å².